The molecule has 0 aromatic carbocycles. The van der Waals surface area contributed by atoms with Gasteiger partial charge in [-0.3, -0.25) is 0 Å². The lowest BCUT2D eigenvalue weighted by Gasteiger charge is -2.17. The predicted octanol–water partition coefficient (Wildman–Crippen LogP) is 1.76. The van der Waals surface area contributed by atoms with Crippen LogP contribution in [0, 0.1) is 0 Å². The van der Waals surface area contributed by atoms with Gasteiger partial charge in [0.25, 0.3) is 0 Å². The molecule has 10 heteroatoms. The lowest BCUT2D eigenvalue weighted by Crippen LogP contribution is -2.29. The first-order chi connectivity index (χ1) is 9.10. The highest BCUT2D eigenvalue weighted by Gasteiger charge is 2.36. The summed E-state index contributed by atoms with van der Waals surface area (Å²) in [5.41, 5.74) is -1.31. The Kier molecular flexibility index (Phi) is 5.36. The average Bonchev–Trinajstić information content (AvgIpc) is 2.34. The zero-order chi connectivity index (χ0) is 15.6. The highest BCUT2D eigenvalue weighted by Crippen LogP contribution is 2.35. The minimum atomic E-state index is -4.79. The standard InChI is InChI=1S/C10H12ClF3N2O3S/c1-16(3-2-4-17)20(18,19)7-5-8(10(12,13)14)9(11)15-6-7/h5-6,17H,2-4H2,1H3. The zero-order valence-electron chi connectivity index (χ0n) is 10.4. The van der Waals surface area contributed by atoms with E-state index in [9.17, 15) is 21.6 Å². The molecule has 0 fully saturated rings. The second-order valence-corrected chi connectivity index (χ2v) is 6.31. The van der Waals surface area contributed by atoms with Gasteiger partial charge in [0.05, 0.1) is 5.56 Å². The number of sulfonamides is 1. The summed E-state index contributed by atoms with van der Waals surface area (Å²) < 4.78 is 62.9. The number of rotatable bonds is 5. The third-order valence-corrected chi connectivity index (χ3v) is 4.58. The highest BCUT2D eigenvalue weighted by molar-refractivity contribution is 7.89. The van der Waals surface area contributed by atoms with Crippen molar-refractivity contribution in [3.8, 4) is 0 Å². The number of halogens is 4. The number of alkyl halides is 3. The molecule has 0 aliphatic carbocycles. The van der Waals surface area contributed by atoms with E-state index >= 15 is 0 Å². The predicted molar refractivity (Wildman–Crippen MR) is 65.8 cm³/mol. The maximum Gasteiger partial charge on any atom is 0.419 e. The number of hydrogen-bond acceptors (Lipinski definition) is 4. The van der Waals surface area contributed by atoms with E-state index in [0.717, 1.165) is 10.5 Å². The van der Waals surface area contributed by atoms with E-state index in [4.69, 9.17) is 16.7 Å². The molecule has 0 saturated carbocycles. The van der Waals surface area contributed by atoms with Gasteiger partial charge in [-0.2, -0.15) is 13.2 Å². The van der Waals surface area contributed by atoms with Crippen LogP contribution < -0.4 is 0 Å². The van der Waals surface area contributed by atoms with Crippen molar-refractivity contribution in [1.82, 2.24) is 9.29 Å². The summed E-state index contributed by atoms with van der Waals surface area (Å²) in [6.07, 6.45) is -3.86. The molecule has 0 aliphatic rings. The Morgan fingerprint density at radius 2 is 2.05 bits per heavy atom. The van der Waals surface area contributed by atoms with E-state index in [2.05, 4.69) is 4.98 Å². The van der Waals surface area contributed by atoms with Gasteiger partial charge in [-0.15, -0.1) is 0 Å². The van der Waals surface area contributed by atoms with Crippen LogP contribution in [0.15, 0.2) is 17.2 Å². The molecule has 0 radical (unpaired) electrons. The molecule has 0 atom stereocenters. The van der Waals surface area contributed by atoms with Crippen molar-refractivity contribution in [2.75, 3.05) is 20.2 Å². The lowest BCUT2D eigenvalue weighted by atomic mass is 10.3. The molecule has 0 spiro atoms. The van der Waals surface area contributed by atoms with Gasteiger partial charge in [-0.1, -0.05) is 11.6 Å². The van der Waals surface area contributed by atoms with Crippen molar-refractivity contribution in [1.29, 1.82) is 0 Å². The van der Waals surface area contributed by atoms with Crippen molar-refractivity contribution in [2.45, 2.75) is 17.5 Å². The first-order valence-corrected chi connectivity index (χ1v) is 7.22. The minimum Gasteiger partial charge on any atom is -0.396 e. The molecule has 0 amide bonds. The molecule has 1 aromatic heterocycles. The Balaban J connectivity index is 3.20. The van der Waals surface area contributed by atoms with Crippen molar-refractivity contribution in [3.63, 3.8) is 0 Å². The van der Waals surface area contributed by atoms with Gasteiger partial charge < -0.3 is 5.11 Å². The van der Waals surface area contributed by atoms with Crippen LogP contribution in [-0.2, 0) is 16.2 Å². The van der Waals surface area contributed by atoms with Gasteiger partial charge in [0.15, 0.2) is 0 Å². The molecule has 0 unspecified atom stereocenters. The van der Waals surface area contributed by atoms with E-state index in [1.165, 1.54) is 7.05 Å². The Hall–Kier alpha value is -0.900. The van der Waals surface area contributed by atoms with E-state index in [1.807, 2.05) is 0 Å². The van der Waals surface area contributed by atoms with Crippen LogP contribution in [0.25, 0.3) is 0 Å². The lowest BCUT2D eigenvalue weighted by molar-refractivity contribution is -0.137. The molecule has 20 heavy (non-hydrogen) atoms. The molecule has 0 bridgehead atoms. The van der Waals surface area contributed by atoms with Crippen LogP contribution in [-0.4, -0.2) is 43.0 Å². The number of pyridine rings is 1. The summed E-state index contributed by atoms with van der Waals surface area (Å²) in [5, 5.41) is 7.83. The van der Waals surface area contributed by atoms with E-state index in [-0.39, 0.29) is 19.6 Å². The maximum absolute atomic E-state index is 12.7. The second-order valence-electron chi connectivity index (χ2n) is 3.91. The minimum absolute atomic E-state index is 0.0250. The molecular weight excluding hydrogens is 321 g/mol. The Labute approximate surface area is 119 Å². The maximum atomic E-state index is 12.7. The van der Waals surface area contributed by atoms with Crippen molar-refractivity contribution >= 4 is 21.6 Å². The summed E-state index contributed by atoms with van der Waals surface area (Å²) in [5.74, 6) is 0. The Bertz CT molecular complexity index is 578. The molecule has 5 nitrogen and oxygen atoms in total. The average molecular weight is 333 g/mol. The van der Waals surface area contributed by atoms with Crippen LogP contribution in [0.1, 0.15) is 12.0 Å². The molecule has 0 saturated heterocycles. The first-order valence-electron chi connectivity index (χ1n) is 5.40. The highest BCUT2D eigenvalue weighted by atomic mass is 35.5. The van der Waals surface area contributed by atoms with Crippen LogP contribution in [0.2, 0.25) is 5.15 Å². The van der Waals surface area contributed by atoms with E-state index in [0.29, 0.717) is 6.07 Å². The monoisotopic (exact) mass is 332 g/mol. The topological polar surface area (TPSA) is 70.5 Å². The molecule has 1 rings (SSSR count). The van der Waals surface area contributed by atoms with Crippen LogP contribution in [0.5, 0.6) is 0 Å². The Morgan fingerprint density at radius 3 is 2.55 bits per heavy atom. The van der Waals surface area contributed by atoms with Crippen LogP contribution in [0.4, 0.5) is 13.2 Å². The van der Waals surface area contributed by atoms with Gasteiger partial charge in [0, 0.05) is 26.4 Å². The van der Waals surface area contributed by atoms with Crippen molar-refractivity contribution in [2.24, 2.45) is 0 Å². The molecule has 0 aliphatic heterocycles. The van der Waals surface area contributed by atoms with Gasteiger partial charge >= 0.3 is 6.18 Å². The number of nitrogens with zero attached hydrogens (tertiary/aromatic N) is 2. The van der Waals surface area contributed by atoms with Crippen LogP contribution in [0.3, 0.4) is 0 Å². The number of hydrogen-bond donors (Lipinski definition) is 1. The summed E-state index contributed by atoms with van der Waals surface area (Å²) in [6.45, 7) is -0.255. The van der Waals surface area contributed by atoms with Crippen molar-refractivity contribution < 1.29 is 26.7 Å². The summed E-state index contributed by atoms with van der Waals surface area (Å²) in [6, 6.07) is 0.445. The van der Waals surface area contributed by atoms with Gasteiger partial charge in [0.1, 0.15) is 10.0 Å². The summed E-state index contributed by atoms with van der Waals surface area (Å²) in [4.78, 5) is 2.66. The fourth-order valence-electron chi connectivity index (χ4n) is 1.36. The molecule has 114 valence electrons. The van der Waals surface area contributed by atoms with E-state index < -0.39 is 31.8 Å². The third-order valence-electron chi connectivity index (χ3n) is 2.46. The fourth-order valence-corrected chi connectivity index (χ4v) is 2.75. The second kappa shape index (κ2) is 6.25. The summed E-state index contributed by atoms with van der Waals surface area (Å²) in [7, 11) is -2.91. The molecule has 1 aromatic rings. The fraction of sp³-hybridized carbons (Fsp3) is 0.500. The van der Waals surface area contributed by atoms with Crippen molar-refractivity contribution in [3.05, 3.63) is 23.0 Å². The third kappa shape index (κ3) is 3.81. The van der Waals surface area contributed by atoms with Gasteiger partial charge in [-0.05, 0) is 12.5 Å². The van der Waals surface area contributed by atoms with E-state index in [1.54, 1.807) is 0 Å². The summed E-state index contributed by atoms with van der Waals surface area (Å²) >= 11 is 5.32. The number of aliphatic hydroxyl groups excluding tert-OH is 1. The smallest absolute Gasteiger partial charge is 0.396 e. The largest absolute Gasteiger partial charge is 0.419 e. The first kappa shape index (κ1) is 17.2. The number of aromatic nitrogens is 1. The van der Waals surface area contributed by atoms with Gasteiger partial charge in [0.2, 0.25) is 10.0 Å². The zero-order valence-corrected chi connectivity index (χ0v) is 11.9. The van der Waals surface area contributed by atoms with Crippen LogP contribution >= 0.6 is 11.6 Å². The molecular formula is C10H12ClF3N2O3S. The van der Waals surface area contributed by atoms with Gasteiger partial charge in [-0.25, -0.2) is 17.7 Å². The number of aliphatic hydroxyl groups is 1. The SMILES string of the molecule is CN(CCCO)S(=O)(=O)c1cnc(Cl)c(C(F)(F)F)c1. The Morgan fingerprint density at radius 1 is 1.45 bits per heavy atom. The molecule has 1 heterocycles. The quantitative estimate of drug-likeness (QED) is 0.834. The molecule has 1 N–H and O–H groups in total. The normalized spacial score (nSPS) is 12.9.